The molecule has 1 saturated carbocycles. The van der Waals surface area contributed by atoms with Crippen LogP contribution in [0.3, 0.4) is 0 Å². The normalized spacial score (nSPS) is 34.7. The summed E-state index contributed by atoms with van der Waals surface area (Å²) in [6, 6.07) is 0. The zero-order valence-electron chi connectivity index (χ0n) is 5.22. The van der Waals surface area contributed by atoms with Gasteiger partial charge in [0.2, 0.25) is 0 Å². The van der Waals surface area contributed by atoms with Crippen molar-refractivity contribution in [2.24, 2.45) is 5.92 Å². The minimum atomic E-state index is 0.966. The molecule has 0 heteroatoms. The Bertz CT molecular complexity index is 264. The summed E-state index contributed by atoms with van der Waals surface area (Å²) in [5.74, 6) is 0.966. The Balaban J connectivity index is 2.27. The van der Waals surface area contributed by atoms with E-state index < -0.39 is 0 Å². The van der Waals surface area contributed by atoms with Crippen LogP contribution < -0.4 is 0 Å². The van der Waals surface area contributed by atoms with Gasteiger partial charge in [0.05, 0.1) is 0 Å². The van der Waals surface area contributed by atoms with Crippen molar-refractivity contribution < 1.29 is 0 Å². The van der Waals surface area contributed by atoms with Crippen LogP contribution in [-0.2, 0) is 0 Å². The van der Waals surface area contributed by atoms with E-state index in [4.69, 9.17) is 0 Å². The maximum absolute atomic E-state index is 2.37. The third-order valence-corrected chi connectivity index (χ3v) is 2.51. The summed E-state index contributed by atoms with van der Waals surface area (Å²) in [4.78, 5) is 0. The molecule has 3 aliphatic carbocycles. The van der Waals surface area contributed by atoms with Crippen LogP contribution >= 0.6 is 0 Å². The third-order valence-electron chi connectivity index (χ3n) is 2.51. The maximum Gasteiger partial charge on any atom is -0.0121 e. The monoisotopic (exact) mass is 116 g/mol. The fourth-order valence-corrected chi connectivity index (χ4v) is 1.76. The fourth-order valence-electron chi connectivity index (χ4n) is 1.76. The Morgan fingerprint density at radius 1 is 1.33 bits per heavy atom. The van der Waals surface area contributed by atoms with Gasteiger partial charge in [-0.2, -0.15) is 0 Å². The van der Waals surface area contributed by atoms with Gasteiger partial charge in [-0.25, -0.2) is 0 Å². The molecule has 0 aromatic rings. The standard InChI is InChI=1S/C9H8/c1-2-7-5-9(7)8-4-3-6(1)8/h1,3-4,7H,2,5H2. The average Bonchev–Trinajstić information content (AvgIpc) is 2.43. The summed E-state index contributed by atoms with van der Waals surface area (Å²) in [7, 11) is 0. The van der Waals surface area contributed by atoms with Crippen LogP contribution in [0.25, 0.3) is 0 Å². The molecule has 44 valence electrons. The molecular formula is C9H8. The van der Waals surface area contributed by atoms with Crippen molar-refractivity contribution >= 4 is 0 Å². The summed E-state index contributed by atoms with van der Waals surface area (Å²) in [5.41, 5.74) is 4.82. The quantitative estimate of drug-likeness (QED) is 0.455. The lowest BCUT2D eigenvalue weighted by atomic mass is 9.89. The van der Waals surface area contributed by atoms with Crippen molar-refractivity contribution in [1.82, 2.24) is 0 Å². The first-order valence-electron chi connectivity index (χ1n) is 3.57. The molecule has 1 atom stereocenters. The lowest BCUT2D eigenvalue weighted by Crippen LogP contribution is -1.97. The Kier molecular flexibility index (Phi) is 0.484. The van der Waals surface area contributed by atoms with Gasteiger partial charge in [-0.1, -0.05) is 23.8 Å². The molecule has 0 radical (unpaired) electrons. The second-order valence-electron chi connectivity index (χ2n) is 3.07. The number of rotatable bonds is 0. The molecule has 0 aromatic carbocycles. The second-order valence-corrected chi connectivity index (χ2v) is 3.07. The molecule has 0 amide bonds. The van der Waals surface area contributed by atoms with Crippen LogP contribution in [0.15, 0.2) is 34.9 Å². The van der Waals surface area contributed by atoms with E-state index in [1.54, 1.807) is 11.1 Å². The third kappa shape index (κ3) is 0.365. The Morgan fingerprint density at radius 3 is 3.00 bits per heavy atom. The topological polar surface area (TPSA) is 0 Å². The van der Waals surface area contributed by atoms with Gasteiger partial charge in [-0.3, -0.25) is 0 Å². The summed E-state index contributed by atoms with van der Waals surface area (Å²) >= 11 is 0. The number of hydrogen-bond acceptors (Lipinski definition) is 0. The molecule has 0 heterocycles. The molecule has 1 unspecified atom stereocenters. The zero-order chi connectivity index (χ0) is 5.84. The maximum atomic E-state index is 2.37. The van der Waals surface area contributed by atoms with Crippen molar-refractivity contribution in [2.75, 3.05) is 0 Å². The highest BCUT2D eigenvalue weighted by molar-refractivity contribution is 5.64. The predicted octanol–water partition coefficient (Wildman–Crippen LogP) is 2.20. The molecule has 0 spiro atoms. The van der Waals surface area contributed by atoms with E-state index in [2.05, 4.69) is 18.2 Å². The first-order valence-corrected chi connectivity index (χ1v) is 3.57. The lowest BCUT2D eigenvalue weighted by molar-refractivity contribution is 0.875. The van der Waals surface area contributed by atoms with Gasteiger partial charge in [0.1, 0.15) is 0 Å². The van der Waals surface area contributed by atoms with Crippen molar-refractivity contribution in [3.05, 3.63) is 34.9 Å². The SMILES string of the molecule is C1=CC2=C3CC3CC=C12. The van der Waals surface area contributed by atoms with Gasteiger partial charge in [0, 0.05) is 0 Å². The highest BCUT2D eigenvalue weighted by Gasteiger charge is 2.36. The van der Waals surface area contributed by atoms with Crippen LogP contribution in [0.4, 0.5) is 0 Å². The van der Waals surface area contributed by atoms with Crippen LogP contribution in [0.5, 0.6) is 0 Å². The van der Waals surface area contributed by atoms with Gasteiger partial charge in [-0.15, -0.1) is 0 Å². The summed E-state index contributed by atoms with van der Waals surface area (Å²) < 4.78 is 0. The molecule has 0 aliphatic heterocycles. The van der Waals surface area contributed by atoms with Crippen LogP contribution in [0.1, 0.15) is 12.8 Å². The van der Waals surface area contributed by atoms with E-state index in [0.29, 0.717) is 0 Å². The molecule has 0 bridgehead atoms. The van der Waals surface area contributed by atoms with E-state index in [1.165, 1.54) is 18.4 Å². The average molecular weight is 116 g/mol. The molecule has 0 saturated heterocycles. The molecule has 0 aromatic heterocycles. The minimum Gasteiger partial charge on any atom is -0.0761 e. The molecule has 3 rings (SSSR count). The second kappa shape index (κ2) is 1.06. The number of fused-ring (bicyclic) bond motifs is 2. The number of hydrogen-bond donors (Lipinski definition) is 0. The van der Waals surface area contributed by atoms with E-state index in [0.717, 1.165) is 5.92 Å². The Hall–Kier alpha value is -0.780. The zero-order valence-corrected chi connectivity index (χ0v) is 5.22. The fraction of sp³-hybridized carbons (Fsp3) is 0.333. The molecular weight excluding hydrogens is 108 g/mol. The minimum absolute atomic E-state index is 0.966. The first-order chi connectivity index (χ1) is 4.45. The predicted molar refractivity (Wildman–Crippen MR) is 37.0 cm³/mol. The van der Waals surface area contributed by atoms with E-state index in [-0.39, 0.29) is 0 Å². The molecule has 1 fully saturated rings. The van der Waals surface area contributed by atoms with E-state index >= 15 is 0 Å². The summed E-state index contributed by atoms with van der Waals surface area (Å²) in [6.07, 6.45) is 9.55. The highest BCUT2D eigenvalue weighted by atomic mass is 14.4. The van der Waals surface area contributed by atoms with Crippen LogP contribution in [0, 0.1) is 5.92 Å². The van der Waals surface area contributed by atoms with Crippen molar-refractivity contribution in [2.45, 2.75) is 12.8 Å². The van der Waals surface area contributed by atoms with E-state index in [1.807, 2.05) is 0 Å². The van der Waals surface area contributed by atoms with Gasteiger partial charge < -0.3 is 0 Å². The van der Waals surface area contributed by atoms with Gasteiger partial charge in [0.25, 0.3) is 0 Å². The van der Waals surface area contributed by atoms with Gasteiger partial charge in [0.15, 0.2) is 0 Å². The van der Waals surface area contributed by atoms with Crippen molar-refractivity contribution in [3.63, 3.8) is 0 Å². The Morgan fingerprint density at radius 2 is 2.33 bits per heavy atom. The smallest absolute Gasteiger partial charge is 0.0121 e. The number of allylic oxidation sites excluding steroid dienone is 6. The van der Waals surface area contributed by atoms with Gasteiger partial charge in [-0.05, 0) is 29.9 Å². The molecule has 3 aliphatic rings. The first kappa shape index (κ1) is 4.10. The molecule has 0 nitrogen and oxygen atoms in total. The van der Waals surface area contributed by atoms with Crippen molar-refractivity contribution in [3.8, 4) is 0 Å². The molecule has 0 N–H and O–H groups in total. The largest absolute Gasteiger partial charge is 0.0761 e. The summed E-state index contributed by atoms with van der Waals surface area (Å²) in [6.45, 7) is 0. The van der Waals surface area contributed by atoms with E-state index in [9.17, 15) is 0 Å². The Labute approximate surface area is 54.6 Å². The van der Waals surface area contributed by atoms with Crippen molar-refractivity contribution in [1.29, 1.82) is 0 Å². The summed E-state index contributed by atoms with van der Waals surface area (Å²) in [5, 5.41) is 0. The van der Waals surface area contributed by atoms with Crippen LogP contribution in [0.2, 0.25) is 0 Å². The van der Waals surface area contributed by atoms with Gasteiger partial charge >= 0.3 is 0 Å². The molecule has 9 heavy (non-hydrogen) atoms. The lowest BCUT2D eigenvalue weighted by Gasteiger charge is -2.15. The van der Waals surface area contributed by atoms with Crippen LogP contribution in [-0.4, -0.2) is 0 Å². The highest BCUT2D eigenvalue weighted by Crippen LogP contribution is 2.51.